The molecule has 0 fully saturated rings. The van der Waals surface area contributed by atoms with Gasteiger partial charge in [-0.25, -0.2) is 13.4 Å². The molecule has 0 unspecified atom stereocenters. The molecule has 3 aromatic rings. The van der Waals surface area contributed by atoms with Crippen LogP contribution in [0.1, 0.15) is 11.1 Å². The lowest BCUT2D eigenvalue weighted by Crippen LogP contribution is -2.41. The summed E-state index contributed by atoms with van der Waals surface area (Å²) in [5.41, 5.74) is 2.28. The lowest BCUT2D eigenvalue weighted by molar-refractivity contribution is -0.119. The van der Waals surface area contributed by atoms with Gasteiger partial charge < -0.3 is 5.32 Å². The summed E-state index contributed by atoms with van der Waals surface area (Å²) in [4.78, 5) is 17.0. The molecule has 162 valence electrons. The van der Waals surface area contributed by atoms with Crippen molar-refractivity contribution in [3.63, 3.8) is 0 Å². The number of nitrogens with zero attached hydrogens (tertiary/aromatic N) is 2. The van der Waals surface area contributed by atoms with Crippen LogP contribution in [0.2, 0.25) is 0 Å². The molecule has 1 aromatic heterocycles. The Morgan fingerprint density at radius 1 is 1.00 bits per heavy atom. The summed E-state index contributed by atoms with van der Waals surface area (Å²) in [6, 6.07) is 19.3. The minimum absolute atomic E-state index is 0.148. The van der Waals surface area contributed by atoms with Gasteiger partial charge in [-0.15, -0.1) is 11.8 Å². The highest BCUT2D eigenvalue weighted by molar-refractivity contribution is 7.99. The van der Waals surface area contributed by atoms with Crippen molar-refractivity contribution < 1.29 is 13.2 Å². The van der Waals surface area contributed by atoms with Crippen LogP contribution in [0.25, 0.3) is 0 Å². The SMILES string of the molecule is Cc1cccc(N(CC(=O)NCCSc2ccccn2)S(=O)(=O)c2ccccc2)c1C. The van der Waals surface area contributed by atoms with E-state index in [1.807, 2.05) is 38.1 Å². The topological polar surface area (TPSA) is 79.4 Å². The first-order chi connectivity index (χ1) is 14.9. The number of benzene rings is 2. The van der Waals surface area contributed by atoms with E-state index in [4.69, 9.17) is 0 Å². The number of amides is 1. The molecule has 0 saturated heterocycles. The smallest absolute Gasteiger partial charge is 0.264 e. The van der Waals surface area contributed by atoms with E-state index >= 15 is 0 Å². The zero-order valence-corrected chi connectivity index (χ0v) is 19.1. The van der Waals surface area contributed by atoms with Gasteiger partial charge in [0, 0.05) is 18.5 Å². The van der Waals surface area contributed by atoms with Gasteiger partial charge in [0.1, 0.15) is 6.54 Å². The monoisotopic (exact) mass is 455 g/mol. The van der Waals surface area contributed by atoms with Crippen molar-refractivity contribution in [1.29, 1.82) is 0 Å². The largest absolute Gasteiger partial charge is 0.354 e. The molecule has 0 bridgehead atoms. The number of hydrogen-bond acceptors (Lipinski definition) is 5. The van der Waals surface area contributed by atoms with Gasteiger partial charge in [-0.05, 0) is 55.3 Å². The van der Waals surface area contributed by atoms with Crippen molar-refractivity contribution >= 4 is 33.4 Å². The predicted molar refractivity (Wildman–Crippen MR) is 125 cm³/mol. The van der Waals surface area contributed by atoms with Gasteiger partial charge >= 0.3 is 0 Å². The van der Waals surface area contributed by atoms with Crippen LogP contribution in [0.3, 0.4) is 0 Å². The van der Waals surface area contributed by atoms with E-state index in [1.54, 1.807) is 36.5 Å². The summed E-state index contributed by atoms with van der Waals surface area (Å²) in [7, 11) is -3.90. The van der Waals surface area contributed by atoms with E-state index in [1.165, 1.54) is 28.2 Å². The molecule has 1 N–H and O–H groups in total. The number of sulfonamides is 1. The summed E-state index contributed by atoms with van der Waals surface area (Å²) in [6.45, 7) is 3.89. The summed E-state index contributed by atoms with van der Waals surface area (Å²) in [5, 5.41) is 3.69. The summed E-state index contributed by atoms with van der Waals surface area (Å²) < 4.78 is 27.9. The van der Waals surface area contributed by atoms with Gasteiger partial charge in [-0.3, -0.25) is 9.10 Å². The Labute approximate surface area is 187 Å². The van der Waals surface area contributed by atoms with E-state index in [9.17, 15) is 13.2 Å². The summed E-state index contributed by atoms with van der Waals surface area (Å²) >= 11 is 1.53. The highest BCUT2D eigenvalue weighted by atomic mass is 32.2. The van der Waals surface area contributed by atoms with Crippen LogP contribution in [0.5, 0.6) is 0 Å². The second-order valence-corrected chi connectivity index (χ2v) is 9.89. The summed E-state index contributed by atoms with van der Waals surface area (Å²) in [5.74, 6) is 0.277. The lowest BCUT2D eigenvalue weighted by atomic mass is 10.1. The van der Waals surface area contributed by atoms with Crippen molar-refractivity contribution in [1.82, 2.24) is 10.3 Å². The minimum atomic E-state index is -3.90. The first-order valence-corrected chi connectivity index (χ1v) is 12.3. The van der Waals surface area contributed by atoms with Gasteiger partial charge in [-0.2, -0.15) is 0 Å². The fraction of sp³-hybridized carbons (Fsp3) is 0.217. The molecular weight excluding hydrogens is 430 g/mol. The third-order valence-electron chi connectivity index (χ3n) is 4.78. The van der Waals surface area contributed by atoms with Crippen LogP contribution < -0.4 is 9.62 Å². The maximum Gasteiger partial charge on any atom is 0.264 e. The number of carbonyl (C=O) groups is 1. The zero-order valence-electron chi connectivity index (χ0n) is 17.5. The van der Waals surface area contributed by atoms with E-state index < -0.39 is 10.0 Å². The average Bonchev–Trinajstić information content (AvgIpc) is 2.78. The number of aromatic nitrogens is 1. The zero-order chi connectivity index (χ0) is 22.3. The van der Waals surface area contributed by atoms with E-state index in [0.29, 0.717) is 18.0 Å². The second-order valence-electron chi connectivity index (χ2n) is 6.91. The molecule has 2 aromatic carbocycles. The molecule has 0 atom stereocenters. The molecule has 1 heterocycles. The Balaban J connectivity index is 1.75. The van der Waals surface area contributed by atoms with Crippen molar-refractivity contribution in [2.45, 2.75) is 23.8 Å². The molecular formula is C23H25N3O3S2. The first kappa shape index (κ1) is 22.8. The quantitative estimate of drug-likeness (QED) is 0.392. The Kier molecular flexibility index (Phi) is 7.70. The number of pyridine rings is 1. The second kappa shape index (κ2) is 10.5. The Morgan fingerprint density at radius 3 is 2.45 bits per heavy atom. The Bertz CT molecular complexity index is 1120. The number of thioether (sulfide) groups is 1. The van der Waals surface area contributed by atoms with Crippen LogP contribution in [-0.2, 0) is 14.8 Å². The van der Waals surface area contributed by atoms with Gasteiger partial charge in [-0.1, -0.05) is 36.4 Å². The van der Waals surface area contributed by atoms with Gasteiger partial charge in [0.05, 0.1) is 15.6 Å². The molecule has 0 aliphatic rings. The molecule has 31 heavy (non-hydrogen) atoms. The van der Waals surface area contributed by atoms with E-state index in [2.05, 4.69) is 10.3 Å². The van der Waals surface area contributed by atoms with Gasteiger partial charge in [0.2, 0.25) is 5.91 Å². The normalized spacial score (nSPS) is 11.2. The van der Waals surface area contributed by atoms with Crippen molar-refractivity contribution in [3.05, 3.63) is 84.1 Å². The summed E-state index contributed by atoms with van der Waals surface area (Å²) in [6.07, 6.45) is 1.72. The average molecular weight is 456 g/mol. The van der Waals surface area contributed by atoms with E-state index in [0.717, 1.165) is 16.2 Å². The van der Waals surface area contributed by atoms with Crippen LogP contribution in [0.4, 0.5) is 5.69 Å². The maximum absolute atomic E-state index is 13.4. The number of rotatable bonds is 9. The molecule has 0 radical (unpaired) electrons. The molecule has 0 aliphatic heterocycles. The number of hydrogen-bond donors (Lipinski definition) is 1. The lowest BCUT2D eigenvalue weighted by Gasteiger charge is -2.26. The minimum Gasteiger partial charge on any atom is -0.354 e. The van der Waals surface area contributed by atoms with Crippen LogP contribution in [0.15, 0.2) is 82.8 Å². The number of aryl methyl sites for hydroxylation is 1. The molecule has 6 nitrogen and oxygen atoms in total. The fourth-order valence-electron chi connectivity index (χ4n) is 2.99. The van der Waals surface area contributed by atoms with Crippen LogP contribution in [0, 0.1) is 13.8 Å². The first-order valence-electron chi connectivity index (χ1n) is 9.84. The molecule has 3 rings (SSSR count). The Hall–Kier alpha value is -2.84. The Morgan fingerprint density at radius 2 is 1.74 bits per heavy atom. The third kappa shape index (κ3) is 5.86. The van der Waals surface area contributed by atoms with Crippen molar-refractivity contribution in [2.75, 3.05) is 23.1 Å². The van der Waals surface area contributed by atoms with E-state index in [-0.39, 0.29) is 17.3 Å². The highest BCUT2D eigenvalue weighted by Gasteiger charge is 2.28. The van der Waals surface area contributed by atoms with Crippen LogP contribution >= 0.6 is 11.8 Å². The maximum atomic E-state index is 13.4. The van der Waals surface area contributed by atoms with Crippen molar-refractivity contribution in [2.24, 2.45) is 0 Å². The van der Waals surface area contributed by atoms with Crippen LogP contribution in [-0.4, -0.2) is 38.2 Å². The molecule has 1 amide bonds. The molecule has 8 heteroatoms. The predicted octanol–water partition coefficient (Wildman–Crippen LogP) is 3.80. The molecule has 0 spiro atoms. The number of anilines is 1. The highest BCUT2D eigenvalue weighted by Crippen LogP contribution is 2.28. The van der Waals surface area contributed by atoms with Crippen molar-refractivity contribution in [3.8, 4) is 0 Å². The standard InChI is InChI=1S/C23H25N3O3S2/c1-18-9-8-12-21(19(18)2)26(31(28,29)20-10-4-3-5-11-20)17-22(27)24-15-16-30-23-13-6-7-14-25-23/h3-14H,15-17H2,1-2H3,(H,24,27). The fourth-order valence-corrected chi connectivity index (χ4v) is 5.21. The van der Waals surface area contributed by atoms with Gasteiger partial charge in [0.15, 0.2) is 0 Å². The number of carbonyl (C=O) groups excluding carboxylic acids is 1. The number of nitrogens with one attached hydrogen (secondary N) is 1. The van der Waals surface area contributed by atoms with Gasteiger partial charge in [0.25, 0.3) is 10.0 Å². The molecule has 0 saturated carbocycles. The molecule has 0 aliphatic carbocycles. The third-order valence-corrected chi connectivity index (χ3v) is 7.49.